The monoisotopic (exact) mass is 665 g/mol. The Morgan fingerprint density at radius 2 is 1.48 bits per heavy atom. The van der Waals surface area contributed by atoms with E-state index in [-0.39, 0.29) is 12.8 Å². The summed E-state index contributed by atoms with van der Waals surface area (Å²) in [6.07, 6.45) is 4.50. The molecular weight excluding hydrogens is 637 g/mol. The third-order valence-electron chi connectivity index (χ3n) is 7.48. The van der Waals surface area contributed by atoms with Gasteiger partial charge in [-0.1, -0.05) is 77.7 Å². The Labute approximate surface area is 264 Å². The van der Waals surface area contributed by atoms with Crippen LogP contribution in [0.4, 0.5) is 5.69 Å². The maximum Gasteiger partial charge on any atom is 0.263 e. The summed E-state index contributed by atoms with van der Waals surface area (Å²) in [5.41, 5.74) is 2.93. The number of rotatable bonds is 10. The number of hydrogen-bond donors (Lipinski definition) is 0. The number of benzene rings is 4. The summed E-state index contributed by atoms with van der Waals surface area (Å²) >= 11 is 3.19. The van der Waals surface area contributed by atoms with Crippen molar-refractivity contribution >= 4 is 86.9 Å². The van der Waals surface area contributed by atoms with Gasteiger partial charge < -0.3 is 14.0 Å². The van der Waals surface area contributed by atoms with Gasteiger partial charge in [-0.15, -0.1) is 0 Å². The number of nitrogens with zero attached hydrogens (tertiary/aromatic N) is 2. The quantitative estimate of drug-likeness (QED) is 0.127. The Balaban J connectivity index is 1.41. The van der Waals surface area contributed by atoms with Crippen molar-refractivity contribution in [1.29, 1.82) is 0 Å². The first kappa shape index (κ1) is 30.8. The Morgan fingerprint density at radius 1 is 0.841 bits per heavy atom. The average Bonchev–Trinajstić information content (AvgIpc) is 3.49. The maximum atomic E-state index is 11.4. The molecule has 2 heterocycles. The molecule has 5 aromatic rings. The van der Waals surface area contributed by atoms with Gasteiger partial charge in [0.1, 0.15) is 4.70 Å². The predicted octanol–water partition coefficient (Wildman–Crippen LogP) is 6.22. The third-order valence-corrected chi connectivity index (χ3v) is 11.3. The molecule has 228 valence electrons. The molecule has 0 aliphatic carbocycles. The molecule has 0 unspecified atom stereocenters. The van der Waals surface area contributed by atoms with Crippen molar-refractivity contribution in [2.75, 3.05) is 23.0 Å². The number of anilines is 1. The van der Waals surface area contributed by atoms with Crippen molar-refractivity contribution in [2.45, 2.75) is 31.2 Å². The first-order valence-corrected chi connectivity index (χ1v) is 18.8. The zero-order chi connectivity index (χ0) is 31.1. The average molecular weight is 666 g/mol. The third kappa shape index (κ3) is 6.70. The Hall–Kier alpha value is -3.26. The van der Waals surface area contributed by atoms with Gasteiger partial charge in [0, 0.05) is 40.8 Å². The second-order valence-electron chi connectivity index (χ2n) is 10.7. The van der Waals surface area contributed by atoms with E-state index in [4.69, 9.17) is 0 Å². The van der Waals surface area contributed by atoms with Crippen molar-refractivity contribution in [3.05, 3.63) is 94.5 Å². The largest absolute Gasteiger partial charge is 0.748 e. The van der Waals surface area contributed by atoms with Gasteiger partial charge in [0.25, 0.3) is 5.01 Å². The second kappa shape index (κ2) is 12.3. The highest BCUT2D eigenvalue weighted by atomic mass is 32.2. The molecule has 0 fully saturated rings. The lowest BCUT2D eigenvalue weighted by atomic mass is 10.1. The summed E-state index contributed by atoms with van der Waals surface area (Å²) in [5.74, 6) is -0.879. The standard InChI is InChI=1S/C32H30N2O6S4/c1-22(20-29-33(16-6-18-43(35,36)37)31-25-10-4-2-8-23(25)12-14-27(31)41-29)21-30-34(17-7-19-44(38,39)40)32-26-11-5-3-9-24(26)13-15-28(32)42-30/h2-5,8-15,20-21H,6-7,16-19H2,1H3,(H-,35,36,37,38,39,40)/p-1. The lowest BCUT2D eigenvalue weighted by molar-refractivity contribution is -0.667. The normalized spacial score (nSPS) is 15.2. The van der Waals surface area contributed by atoms with Crippen LogP contribution in [0.5, 0.6) is 0 Å². The van der Waals surface area contributed by atoms with Gasteiger partial charge in [0.2, 0.25) is 5.52 Å². The molecule has 4 aromatic carbocycles. The van der Waals surface area contributed by atoms with Crippen LogP contribution in [0.15, 0.2) is 94.4 Å². The van der Waals surface area contributed by atoms with Crippen LogP contribution in [0.2, 0.25) is 0 Å². The van der Waals surface area contributed by atoms with Crippen LogP contribution in [0.25, 0.3) is 37.8 Å². The minimum absolute atomic E-state index is 0.196. The topological polar surface area (TPSA) is 122 Å². The van der Waals surface area contributed by atoms with Crippen molar-refractivity contribution < 1.29 is 30.5 Å². The lowest BCUT2D eigenvalue weighted by Gasteiger charge is -2.22. The highest BCUT2D eigenvalue weighted by Gasteiger charge is 2.28. The molecule has 12 heteroatoms. The molecular formula is C32H29N2O6S4-. The highest BCUT2D eigenvalue weighted by Crippen LogP contribution is 2.49. The van der Waals surface area contributed by atoms with E-state index in [1.807, 2.05) is 55.5 Å². The van der Waals surface area contributed by atoms with Crippen LogP contribution in [0, 0.1) is 0 Å². The molecule has 8 nitrogen and oxygen atoms in total. The van der Waals surface area contributed by atoms with Crippen LogP contribution in [-0.2, 0) is 26.8 Å². The molecule has 44 heavy (non-hydrogen) atoms. The minimum Gasteiger partial charge on any atom is -0.748 e. The van der Waals surface area contributed by atoms with Gasteiger partial charge in [-0.25, -0.2) is 16.8 Å². The van der Waals surface area contributed by atoms with Gasteiger partial charge >= 0.3 is 0 Å². The van der Waals surface area contributed by atoms with Gasteiger partial charge in [-0.3, -0.25) is 0 Å². The minimum atomic E-state index is -4.34. The molecule has 6 rings (SSSR count). The van der Waals surface area contributed by atoms with E-state index in [0.717, 1.165) is 58.0 Å². The molecule has 0 spiro atoms. The van der Waals surface area contributed by atoms with Gasteiger partial charge in [-0.05, 0) is 54.0 Å². The molecule has 0 N–H and O–H groups in total. The van der Waals surface area contributed by atoms with Crippen molar-refractivity contribution in [3.63, 3.8) is 0 Å². The molecule has 1 aliphatic heterocycles. The summed E-state index contributed by atoms with van der Waals surface area (Å²) in [7, 11) is -8.68. The molecule has 1 aliphatic rings. The number of aromatic nitrogens is 1. The summed E-state index contributed by atoms with van der Waals surface area (Å²) in [5, 5.41) is 6.08. The summed E-state index contributed by atoms with van der Waals surface area (Å²) in [4.78, 5) is 3.14. The van der Waals surface area contributed by atoms with E-state index in [2.05, 4.69) is 45.9 Å². The van der Waals surface area contributed by atoms with Crippen molar-refractivity contribution in [1.82, 2.24) is 0 Å². The first-order valence-electron chi connectivity index (χ1n) is 14.1. The summed E-state index contributed by atoms with van der Waals surface area (Å²) < 4.78 is 71.5. The van der Waals surface area contributed by atoms with E-state index < -0.39 is 31.7 Å². The number of fused-ring (bicyclic) bond motifs is 6. The van der Waals surface area contributed by atoms with Crippen molar-refractivity contribution in [2.24, 2.45) is 0 Å². The molecule has 0 atom stereocenters. The number of thioether (sulfide) groups is 1. The van der Waals surface area contributed by atoms with Crippen LogP contribution >= 0.6 is 23.1 Å². The SMILES string of the molecule is CC(=Cc1sc2ccc3ccccc3c2[n+]1CCCS(=O)(=O)[O-])C=C1Sc2ccc3ccccc3c2N1CCCS(=O)(=O)[O-]. The maximum absolute atomic E-state index is 11.4. The van der Waals surface area contributed by atoms with E-state index >= 15 is 0 Å². The number of allylic oxidation sites excluding steroid dienone is 2. The lowest BCUT2D eigenvalue weighted by Crippen LogP contribution is -2.36. The van der Waals surface area contributed by atoms with Crippen LogP contribution in [0.3, 0.4) is 0 Å². The first-order chi connectivity index (χ1) is 21.0. The Kier molecular flexibility index (Phi) is 8.57. The van der Waals surface area contributed by atoms with Gasteiger partial charge in [0.05, 0.1) is 36.3 Å². The molecule has 0 bridgehead atoms. The van der Waals surface area contributed by atoms with Crippen molar-refractivity contribution in [3.8, 4) is 0 Å². The zero-order valence-corrected chi connectivity index (χ0v) is 27.1. The second-order valence-corrected chi connectivity index (χ2v) is 15.9. The smallest absolute Gasteiger partial charge is 0.263 e. The van der Waals surface area contributed by atoms with Crippen LogP contribution in [0.1, 0.15) is 24.8 Å². The van der Waals surface area contributed by atoms with Crippen LogP contribution < -0.4 is 9.47 Å². The molecule has 0 saturated heterocycles. The fourth-order valence-corrected chi connectivity index (χ4v) is 9.03. The highest BCUT2D eigenvalue weighted by molar-refractivity contribution is 8.03. The number of thiazole rings is 1. The molecule has 0 saturated carbocycles. The summed E-state index contributed by atoms with van der Waals surface area (Å²) in [6, 6.07) is 24.3. The number of aryl methyl sites for hydroxylation is 1. The molecule has 0 amide bonds. The Bertz CT molecular complexity index is 2190. The fraction of sp³-hybridized carbons (Fsp3) is 0.219. The zero-order valence-electron chi connectivity index (χ0n) is 23.8. The predicted molar refractivity (Wildman–Crippen MR) is 177 cm³/mol. The van der Waals surface area contributed by atoms with Gasteiger partial charge in [-0.2, -0.15) is 4.57 Å². The molecule has 0 radical (unpaired) electrons. The van der Waals surface area contributed by atoms with E-state index in [9.17, 15) is 25.9 Å². The summed E-state index contributed by atoms with van der Waals surface area (Å²) in [6.45, 7) is 2.73. The fourth-order valence-electron chi connectivity index (χ4n) is 5.64. The van der Waals surface area contributed by atoms with Crippen LogP contribution in [-0.4, -0.2) is 44.0 Å². The van der Waals surface area contributed by atoms with E-state index in [0.29, 0.717) is 13.1 Å². The van der Waals surface area contributed by atoms with Gasteiger partial charge in [0.15, 0.2) is 6.54 Å². The van der Waals surface area contributed by atoms with E-state index in [1.54, 1.807) is 23.1 Å². The Morgan fingerprint density at radius 3 is 2.20 bits per heavy atom. The number of hydrogen-bond acceptors (Lipinski definition) is 9. The molecule has 1 aromatic heterocycles. The van der Waals surface area contributed by atoms with E-state index in [1.165, 1.54) is 0 Å².